The van der Waals surface area contributed by atoms with E-state index in [4.69, 9.17) is 9.47 Å². The van der Waals surface area contributed by atoms with E-state index >= 15 is 0 Å². The molecular formula is C18H23N3O3. The zero-order valence-electron chi connectivity index (χ0n) is 13.9. The fourth-order valence-corrected chi connectivity index (χ4v) is 4.19. The number of hydrogen-bond donors (Lipinski definition) is 0. The summed E-state index contributed by atoms with van der Waals surface area (Å²) in [7, 11) is 1.55. The maximum Gasteiger partial charge on any atom is 0.235 e. The zero-order valence-corrected chi connectivity index (χ0v) is 13.9. The topological polar surface area (TPSA) is 64.6 Å². The van der Waals surface area contributed by atoms with Crippen molar-refractivity contribution >= 4 is 5.91 Å². The Morgan fingerprint density at radius 3 is 2.88 bits per heavy atom. The molecule has 2 bridgehead atoms. The van der Waals surface area contributed by atoms with Crippen LogP contribution in [0.1, 0.15) is 25.7 Å². The first-order valence-corrected chi connectivity index (χ1v) is 8.72. The van der Waals surface area contributed by atoms with Gasteiger partial charge in [-0.05, 0) is 37.5 Å². The number of hydrogen-bond acceptors (Lipinski definition) is 5. The van der Waals surface area contributed by atoms with E-state index in [1.165, 1.54) is 0 Å². The molecule has 4 rings (SSSR count). The first-order chi connectivity index (χ1) is 11.7. The predicted octanol–water partition coefficient (Wildman–Crippen LogP) is 2.07. The van der Waals surface area contributed by atoms with E-state index < -0.39 is 0 Å². The van der Waals surface area contributed by atoms with Crippen LogP contribution in [0.4, 0.5) is 0 Å². The highest BCUT2D eigenvalue weighted by Crippen LogP contribution is 2.44. The van der Waals surface area contributed by atoms with E-state index in [1.54, 1.807) is 19.5 Å². The van der Waals surface area contributed by atoms with Gasteiger partial charge in [-0.3, -0.25) is 9.78 Å². The van der Waals surface area contributed by atoms with Gasteiger partial charge >= 0.3 is 0 Å². The van der Waals surface area contributed by atoms with Crippen molar-refractivity contribution in [3.63, 3.8) is 0 Å². The standard InChI is InChI=1S/C18H23N3O3/c1-23-16-9-19-10-17(20-16)24-14-3-2-6-21(11-14)18(22)15-8-12-4-5-13(15)7-12/h4-5,9-10,12-15H,2-3,6-8,11H2,1H3. The molecule has 0 radical (unpaired) electrons. The summed E-state index contributed by atoms with van der Waals surface area (Å²) < 4.78 is 11.0. The molecule has 2 aliphatic carbocycles. The number of amides is 1. The summed E-state index contributed by atoms with van der Waals surface area (Å²) in [6, 6.07) is 0. The SMILES string of the molecule is COc1cncc(OC2CCCN(C(=O)C3CC4C=CC3C4)C2)n1. The highest BCUT2D eigenvalue weighted by atomic mass is 16.5. The highest BCUT2D eigenvalue weighted by molar-refractivity contribution is 5.80. The van der Waals surface area contributed by atoms with Gasteiger partial charge in [0.25, 0.3) is 0 Å². The van der Waals surface area contributed by atoms with E-state index in [9.17, 15) is 4.79 Å². The summed E-state index contributed by atoms with van der Waals surface area (Å²) in [4.78, 5) is 23.2. The number of allylic oxidation sites excluding steroid dienone is 2. The number of piperidine rings is 1. The van der Waals surface area contributed by atoms with Crippen molar-refractivity contribution in [2.45, 2.75) is 31.8 Å². The van der Waals surface area contributed by atoms with Gasteiger partial charge in [-0.2, -0.15) is 4.98 Å². The van der Waals surface area contributed by atoms with Crippen molar-refractivity contribution < 1.29 is 14.3 Å². The van der Waals surface area contributed by atoms with Crippen molar-refractivity contribution in [2.75, 3.05) is 20.2 Å². The third kappa shape index (κ3) is 2.97. The van der Waals surface area contributed by atoms with Crippen molar-refractivity contribution in [1.29, 1.82) is 0 Å². The third-order valence-corrected chi connectivity index (χ3v) is 5.37. The Morgan fingerprint density at radius 2 is 2.12 bits per heavy atom. The molecule has 0 N–H and O–H groups in total. The third-order valence-electron chi connectivity index (χ3n) is 5.37. The van der Waals surface area contributed by atoms with Gasteiger partial charge in [-0.1, -0.05) is 12.2 Å². The predicted molar refractivity (Wildman–Crippen MR) is 87.7 cm³/mol. The van der Waals surface area contributed by atoms with Crippen LogP contribution < -0.4 is 9.47 Å². The molecular weight excluding hydrogens is 306 g/mol. The molecule has 1 saturated heterocycles. The Hall–Kier alpha value is -2.11. The van der Waals surface area contributed by atoms with E-state index in [1.807, 2.05) is 4.90 Å². The van der Waals surface area contributed by atoms with Crippen LogP contribution in [0.3, 0.4) is 0 Å². The summed E-state index contributed by atoms with van der Waals surface area (Å²) >= 11 is 0. The Kier molecular flexibility index (Phi) is 4.12. The molecule has 0 aromatic carbocycles. The first kappa shape index (κ1) is 15.4. The van der Waals surface area contributed by atoms with Gasteiger partial charge in [0, 0.05) is 12.5 Å². The summed E-state index contributed by atoms with van der Waals surface area (Å²) in [5, 5.41) is 0. The van der Waals surface area contributed by atoms with Crippen LogP contribution in [0.15, 0.2) is 24.5 Å². The number of nitrogens with zero attached hydrogens (tertiary/aromatic N) is 3. The molecule has 2 heterocycles. The monoisotopic (exact) mass is 329 g/mol. The second-order valence-electron chi connectivity index (χ2n) is 6.95. The number of carbonyl (C=O) groups excluding carboxylic acids is 1. The maximum absolute atomic E-state index is 12.9. The Morgan fingerprint density at radius 1 is 1.25 bits per heavy atom. The summed E-state index contributed by atoms with van der Waals surface area (Å²) in [5.41, 5.74) is 0. The van der Waals surface area contributed by atoms with Gasteiger partial charge in [0.15, 0.2) is 0 Å². The number of rotatable bonds is 4. The average Bonchev–Trinajstić information content (AvgIpc) is 3.25. The van der Waals surface area contributed by atoms with Crippen LogP contribution in [0.2, 0.25) is 0 Å². The van der Waals surface area contributed by atoms with Gasteiger partial charge in [-0.15, -0.1) is 0 Å². The molecule has 4 atom stereocenters. The van der Waals surface area contributed by atoms with Gasteiger partial charge < -0.3 is 14.4 Å². The Balaban J connectivity index is 1.38. The van der Waals surface area contributed by atoms with Crippen molar-refractivity contribution in [3.8, 4) is 11.8 Å². The van der Waals surface area contributed by atoms with Crippen LogP contribution in [-0.2, 0) is 4.79 Å². The highest BCUT2D eigenvalue weighted by Gasteiger charge is 2.42. The van der Waals surface area contributed by atoms with Gasteiger partial charge in [-0.25, -0.2) is 0 Å². The average molecular weight is 329 g/mol. The Bertz CT molecular complexity index is 648. The lowest BCUT2D eigenvalue weighted by atomic mass is 9.91. The molecule has 3 aliphatic rings. The van der Waals surface area contributed by atoms with Crippen LogP contribution in [0.5, 0.6) is 11.8 Å². The lowest BCUT2D eigenvalue weighted by Crippen LogP contribution is -2.47. The fraction of sp³-hybridized carbons (Fsp3) is 0.611. The van der Waals surface area contributed by atoms with E-state index in [-0.39, 0.29) is 12.0 Å². The molecule has 2 fully saturated rings. The van der Waals surface area contributed by atoms with Crippen molar-refractivity contribution in [1.82, 2.24) is 14.9 Å². The molecule has 6 nitrogen and oxygen atoms in total. The molecule has 24 heavy (non-hydrogen) atoms. The first-order valence-electron chi connectivity index (χ1n) is 8.72. The normalized spacial score (nSPS) is 31.3. The summed E-state index contributed by atoms with van der Waals surface area (Å²) in [6.45, 7) is 1.47. The second-order valence-corrected chi connectivity index (χ2v) is 6.95. The Labute approximate surface area is 141 Å². The molecule has 6 heteroatoms. The molecule has 1 aliphatic heterocycles. The fourth-order valence-electron chi connectivity index (χ4n) is 4.19. The number of aromatic nitrogens is 2. The molecule has 1 amide bonds. The smallest absolute Gasteiger partial charge is 0.235 e. The lowest BCUT2D eigenvalue weighted by molar-refractivity contribution is -0.139. The second kappa shape index (κ2) is 6.42. The molecule has 1 saturated carbocycles. The lowest BCUT2D eigenvalue weighted by Gasteiger charge is -2.35. The van der Waals surface area contributed by atoms with Crippen molar-refractivity contribution in [2.24, 2.45) is 17.8 Å². The van der Waals surface area contributed by atoms with E-state index in [2.05, 4.69) is 22.1 Å². The zero-order chi connectivity index (χ0) is 16.5. The van der Waals surface area contributed by atoms with Gasteiger partial charge in [0.2, 0.25) is 17.7 Å². The van der Waals surface area contributed by atoms with Crippen LogP contribution in [0.25, 0.3) is 0 Å². The summed E-state index contributed by atoms with van der Waals surface area (Å²) in [6.07, 6.45) is 11.7. The molecule has 1 aromatic heterocycles. The molecule has 4 unspecified atom stereocenters. The number of fused-ring (bicyclic) bond motifs is 2. The van der Waals surface area contributed by atoms with Crippen molar-refractivity contribution in [3.05, 3.63) is 24.5 Å². The maximum atomic E-state index is 12.9. The number of likely N-dealkylation sites (tertiary alicyclic amines) is 1. The minimum atomic E-state index is -0.0294. The van der Waals surface area contributed by atoms with Crippen LogP contribution in [0, 0.1) is 17.8 Å². The minimum Gasteiger partial charge on any atom is -0.480 e. The van der Waals surface area contributed by atoms with Gasteiger partial charge in [0.1, 0.15) is 6.10 Å². The number of ether oxygens (including phenoxy) is 2. The number of carbonyl (C=O) groups is 1. The molecule has 128 valence electrons. The van der Waals surface area contributed by atoms with Gasteiger partial charge in [0.05, 0.1) is 26.0 Å². The van der Waals surface area contributed by atoms with E-state index in [0.717, 1.165) is 32.2 Å². The number of methoxy groups -OCH3 is 1. The quantitative estimate of drug-likeness (QED) is 0.791. The molecule has 0 spiro atoms. The minimum absolute atomic E-state index is 0.0294. The largest absolute Gasteiger partial charge is 0.480 e. The van der Waals surface area contributed by atoms with Crippen LogP contribution >= 0.6 is 0 Å². The van der Waals surface area contributed by atoms with E-state index in [0.29, 0.717) is 36.0 Å². The summed E-state index contributed by atoms with van der Waals surface area (Å²) in [5.74, 6) is 2.44. The molecule has 1 aromatic rings. The van der Waals surface area contributed by atoms with Crippen LogP contribution in [-0.4, -0.2) is 47.1 Å².